The molecule has 102 valence electrons. The van der Waals surface area contributed by atoms with E-state index in [2.05, 4.69) is 15.2 Å². The van der Waals surface area contributed by atoms with Crippen LogP contribution >= 0.6 is 23.4 Å². The third-order valence-electron chi connectivity index (χ3n) is 2.35. The second-order valence-electron chi connectivity index (χ2n) is 3.71. The van der Waals surface area contributed by atoms with Gasteiger partial charge in [0.1, 0.15) is 16.0 Å². The molecule has 0 aliphatic heterocycles. The first-order valence-electron chi connectivity index (χ1n) is 5.06. The Bertz CT molecular complexity index is 611. The van der Waals surface area contributed by atoms with Crippen molar-refractivity contribution < 1.29 is 13.2 Å². The molecule has 0 aliphatic rings. The zero-order valence-electron chi connectivity index (χ0n) is 9.86. The van der Waals surface area contributed by atoms with Gasteiger partial charge in [-0.3, -0.25) is 0 Å². The van der Waals surface area contributed by atoms with Crippen molar-refractivity contribution in [3.63, 3.8) is 0 Å². The summed E-state index contributed by atoms with van der Waals surface area (Å²) in [4.78, 5) is 3.84. The number of pyridine rings is 1. The highest BCUT2D eigenvalue weighted by Gasteiger charge is 2.31. The van der Waals surface area contributed by atoms with E-state index in [0.717, 1.165) is 23.9 Å². The number of halogens is 4. The number of hydrogen-bond acceptors (Lipinski definition) is 4. The minimum Gasteiger partial charge on any atom is -0.309 e. The number of hydrogen-bond donors (Lipinski definition) is 0. The Morgan fingerprint density at radius 1 is 1.26 bits per heavy atom. The Labute approximate surface area is 116 Å². The van der Waals surface area contributed by atoms with Gasteiger partial charge in [-0.1, -0.05) is 11.6 Å². The third-order valence-corrected chi connectivity index (χ3v) is 3.50. The summed E-state index contributed by atoms with van der Waals surface area (Å²) in [5.74, 6) is 0.653. The van der Waals surface area contributed by atoms with Crippen LogP contribution in [0.15, 0.2) is 22.3 Å². The maximum atomic E-state index is 12.6. The van der Waals surface area contributed by atoms with Crippen LogP contribution in [-0.4, -0.2) is 19.7 Å². The standard InChI is InChI=1S/C10H8ClF3N4S/c1-5-16-17-9(18(5)2)19-8-4-6(10(12,13)14)3-7(11)15-8/h3-4H,1-2H3. The molecule has 0 bridgehead atoms. The smallest absolute Gasteiger partial charge is 0.309 e. The van der Waals surface area contributed by atoms with Gasteiger partial charge in [0.25, 0.3) is 0 Å². The highest BCUT2D eigenvalue weighted by atomic mass is 35.5. The first-order chi connectivity index (χ1) is 8.77. The number of aryl methyl sites for hydroxylation is 1. The van der Waals surface area contributed by atoms with Crippen LogP contribution in [0.4, 0.5) is 13.2 Å². The van der Waals surface area contributed by atoms with E-state index in [4.69, 9.17) is 11.6 Å². The summed E-state index contributed by atoms with van der Waals surface area (Å²) in [6, 6.07) is 1.72. The Kier molecular flexibility index (Phi) is 3.73. The van der Waals surface area contributed by atoms with E-state index in [9.17, 15) is 13.2 Å². The van der Waals surface area contributed by atoms with Crippen LogP contribution in [0.5, 0.6) is 0 Å². The van der Waals surface area contributed by atoms with Gasteiger partial charge in [0, 0.05) is 7.05 Å². The van der Waals surface area contributed by atoms with Crippen LogP contribution in [0.25, 0.3) is 0 Å². The van der Waals surface area contributed by atoms with Gasteiger partial charge < -0.3 is 4.57 Å². The fourth-order valence-corrected chi connectivity index (χ4v) is 2.39. The number of rotatable bonds is 2. The van der Waals surface area contributed by atoms with Crippen molar-refractivity contribution >= 4 is 23.4 Å². The highest BCUT2D eigenvalue weighted by Crippen LogP contribution is 2.34. The van der Waals surface area contributed by atoms with Crippen molar-refractivity contribution in [1.29, 1.82) is 0 Å². The molecule has 0 N–H and O–H groups in total. The second kappa shape index (κ2) is 5.01. The van der Waals surface area contributed by atoms with Gasteiger partial charge in [-0.15, -0.1) is 10.2 Å². The lowest BCUT2D eigenvalue weighted by atomic mass is 10.3. The maximum Gasteiger partial charge on any atom is 0.416 e. The number of nitrogens with zero attached hydrogens (tertiary/aromatic N) is 4. The summed E-state index contributed by atoms with van der Waals surface area (Å²) >= 11 is 6.57. The molecule has 2 rings (SSSR count). The average molecular weight is 309 g/mol. The molecule has 0 amide bonds. The largest absolute Gasteiger partial charge is 0.416 e. The van der Waals surface area contributed by atoms with Gasteiger partial charge in [0.2, 0.25) is 0 Å². The molecule has 4 nitrogen and oxygen atoms in total. The molecule has 0 spiro atoms. The molecule has 0 saturated heterocycles. The Hall–Kier alpha value is -1.28. The van der Waals surface area contributed by atoms with E-state index < -0.39 is 11.7 Å². The molecule has 0 aromatic carbocycles. The van der Waals surface area contributed by atoms with Crippen molar-refractivity contribution in [2.45, 2.75) is 23.3 Å². The molecular weight excluding hydrogens is 301 g/mol. The SMILES string of the molecule is Cc1nnc(Sc2cc(C(F)(F)F)cc(Cl)n2)n1C. The minimum atomic E-state index is -4.46. The second-order valence-corrected chi connectivity index (χ2v) is 5.08. The molecule has 2 aromatic rings. The quantitative estimate of drug-likeness (QED) is 0.798. The fraction of sp³-hybridized carbons (Fsp3) is 0.300. The molecule has 9 heteroatoms. The molecule has 0 radical (unpaired) electrons. The molecule has 19 heavy (non-hydrogen) atoms. The highest BCUT2D eigenvalue weighted by molar-refractivity contribution is 7.99. The minimum absolute atomic E-state index is 0.121. The van der Waals surface area contributed by atoms with E-state index >= 15 is 0 Å². The molecule has 2 heterocycles. The maximum absolute atomic E-state index is 12.6. The molecule has 0 atom stereocenters. The predicted molar refractivity (Wildman–Crippen MR) is 64.1 cm³/mol. The van der Waals surface area contributed by atoms with E-state index in [1.165, 1.54) is 0 Å². The van der Waals surface area contributed by atoms with Crippen LogP contribution in [0.1, 0.15) is 11.4 Å². The van der Waals surface area contributed by atoms with Crippen LogP contribution in [0.2, 0.25) is 5.15 Å². The van der Waals surface area contributed by atoms with Gasteiger partial charge >= 0.3 is 6.18 Å². The van der Waals surface area contributed by atoms with Gasteiger partial charge in [-0.05, 0) is 30.8 Å². The van der Waals surface area contributed by atoms with E-state index in [-0.39, 0.29) is 10.2 Å². The van der Waals surface area contributed by atoms with Crippen molar-refractivity contribution in [1.82, 2.24) is 19.7 Å². The summed E-state index contributed by atoms with van der Waals surface area (Å²) in [6.07, 6.45) is -4.46. The molecule has 0 unspecified atom stereocenters. The van der Waals surface area contributed by atoms with Crippen LogP contribution in [0, 0.1) is 6.92 Å². The van der Waals surface area contributed by atoms with E-state index in [1.807, 2.05) is 0 Å². The van der Waals surface area contributed by atoms with Crippen molar-refractivity contribution in [2.75, 3.05) is 0 Å². The van der Waals surface area contributed by atoms with Crippen LogP contribution in [0.3, 0.4) is 0 Å². The zero-order valence-corrected chi connectivity index (χ0v) is 11.4. The first-order valence-corrected chi connectivity index (χ1v) is 6.25. The number of aromatic nitrogens is 4. The average Bonchev–Trinajstić information content (AvgIpc) is 2.59. The lowest BCUT2D eigenvalue weighted by Crippen LogP contribution is -2.05. The molecule has 0 aliphatic carbocycles. The molecule has 0 saturated carbocycles. The van der Waals surface area contributed by atoms with Crippen molar-refractivity contribution in [3.8, 4) is 0 Å². The summed E-state index contributed by atoms with van der Waals surface area (Å²) in [7, 11) is 1.72. The molecule has 2 aromatic heterocycles. The lowest BCUT2D eigenvalue weighted by molar-refractivity contribution is -0.137. The summed E-state index contributed by atoms with van der Waals surface area (Å²) in [5.41, 5.74) is -0.839. The van der Waals surface area contributed by atoms with Gasteiger partial charge in [-0.2, -0.15) is 13.2 Å². The summed E-state index contributed by atoms with van der Waals surface area (Å²) < 4.78 is 39.6. The first kappa shape index (κ1) is 14.1. The molecule has 0 fully saturated rings. The fourth-order valence-electron chi connectivity index (χ4n) is 1.26. The molecular formula is C10H8ClF3N4S. The monoisotopic (exact) mass is 308 g/mol. The normalized spacial score (nSPS) is 11.9. The Morgan fingerprint density at radius 2 is 1.95 bits per heavy atom. The van der Waals surface area contributed by atoms with Crippen LogP contribution < -0.4 is 0 Å². The summed E-state index contributed by atoms with van der Waals surface area (Å²) in [6.45, 7) is 1.74. The lowest BCUT2D eigenvalue weighted by Gasteiger charge is -2.08. The van der Waals surface area contributed by atoms with Gasteiger partial charge in [-0.25, -0.2) is 4.98 Å². The van der Waals surface area contributed by atoms with Gasteiger partial charge in [0.15, 0.2) is 5.16 Å². The predicted octanol–water partition coefficient (Wildman–Crippen LogP) is 3.34. The van der Waals surface area contributed by atoms with Crippen molar-refractivity contribution in [2.24, 2.45) is 7.05 Å². The third kappa shape index (κ3) is 3.19. The van der Waals surface area contributed by atoms with Crippen molar-refractivity contribution in [3.05, 3.63) is 28.7 Å². The zero-order chi connectivity index (χ0) is 14.2. The van der Waals surface area contributed by atoms with E-state index in [0.29, 0.717) is 11.0 Å². The topological polar surface area (TPSA) is 43.6 Å². The Morgan fingerprint density at radius 3 is 2.47 bits per heavy atom. The van der Waals surface area contributed by atoms with Gasteiger partial charge in [0.05, 0.1) is 5.56 Å². The number of alkyl halides is 3. The van der Waals surface area contributed by atoms with E-state index in [1.54, 1.807) is 18.5 Å². The van der Waals surface area contributed by atoms with Crippen LogP contribution in [-0.2, 0) is 13.2 Å². The summed E-state index contributed by atoms with van der Waals surface area (Å²) in [5, 5.41) is 8.01. The Balaban J connectivity index is 2.36.